The van der Waals surface area contributed by atoms with Gasteiger partial charge in [0, 0.05) is 0 Å². The van der Waals surface area contributed by atoms with Gasteiger partial charge in [0.2, 0.25) is 0 Å². The summed E-state index contributed by atoms with van der Waals surface area (Å²) in [7, 11) is 2.12. The van der Waals surface area contributed by atoms with Gasteiger partial charge in [-0.2, -0.15) is 0 Å². The first-order valence-corrected chi connectivity index (χ1v) is 8.40. The molecule has 0 aliphatic carbocycles. The van der Waals surface area contributed by atoms with Crippen LogP contribution in [0.25, 0.3) is 0 Å². The van der Waals surface area contributed by atoms with Crippen molar-refractivity contribution in [3.8, 4) is 0 Å². The molecule has 2 nitrogen and oxygen atoms in total. The van der Waals surface area contributed by atoms with Gasteiger partial charge in [-0.15, -0.1) is 0 Å². The molecule has 4 heteroatoms. The Hall–Kier alpha value is 0.339. The minimum atomic E-state index is -0.654. The van der Waals surface area contributed by atoms with Gasteiger partial charge >= 0.3 is 82.6 Å². The maximum absolute atomic E-state index is 10.2. The fourth-order valence-electron chi connectivity index (χ4n) is 1.21. The average molecular weight is 253 g/mol. The molecule has 70 valence electrons. The van der Waals surface area contributed by atoms with Crippen LogP contribution in [0.4, 0.5) is 0 Å². The van der Waals surface area contributed by atoms with Crippen molar-refractivity contribution in [3.63, 3.8) is 0 Å². The molecule has 0 aromatic rings. The normalized spacial score (nSPS) is 22.8. The molecule has 1 heterocycles. The zero-order valence-electron chi connectivity index (χ0n) is 6.99. The standard InChI is InChI=1S/C8H14O2SSe/c9-8(10)4-2-1-3-7-5-6-12-11-7/h7H,1-6H2,(H,9,10). The van der Waals surface area contributed by atoms with Crippen molar-refractivity contribution in [1.82, 2.24) is 0 Å². The molecule has 0 radical (unpaired) electrons. The Morgan fingerprint density at radius 3 is 3.00 bits per heavy atom. The van der Waals surface area contributed by atoms with Crippen LogP contribution in [-0.4, -0.2) is 30.2 Å². The van der Waals surface area contributed by atoms with Gasteiger partial charge in [-0.05, 0) is 0 Å². The van der Waals surface area contributed by atoms with Crippen LogP contribution in [-0.2, 0) is 4.79 Å². The summed E-state index contributed by atoms with van der Waals surface area (Å²) < 4.78 is 0. The number of carboxylic acid groups (broad SMARTS) is 1. The number of carboxylic acids is 1. The second-order valence-electron chi connectivity index (χ2n) is 2.97. The Morgan fingerprint density at radius 1 is 1.58 bits per heavy atom. The molecule has 1 atom stereocenters. The summed E-state index contributed by atoms with van der Waals surface area (Å²) in [6.07, 6.45) is 4.92. The van der Waals surface area contributed by atoms with Crippen molar-refractivity contribution in [2.24, 2.45) is 0 Å². The molecular formula is C8H14O2SSe. The van der Waals surface area contributed by atoms with Crippen LogP contribution in [0.5, 0.6) is 0 Å². The molecule has 1 N–H and O–H groups in total. The Bertz CT molecular complexity index is 146. The molecule has 0 aromatic heterocycles. The van der Waals surface area contributed by atoms with Crippen molar-refractivity contribution >= 4 is 30.0 Å². The van der Waals surface area contributed by atoms with Gasteiger partial charge < -0.3 is 0 Å². The molecule has 0 spiro atoms. The minimum absolute atomic E-state index is 0.350. The fourth-order valence-corrected chi connectivity index (χ4v) is 6.64. The number of hydrogen-bond donors (Lipinski definition) is 1. The fraction of sp³-hybridized carbons (Fsp3) is 0.875. The van der Waals surface area contributed by atoms with Gasteiger partial charge in [-0.25, -0.2) is 0 Å². The number of hydrogen-bond acceptors (Lipinski definition) is 2. The third-order valence-electron chi connectivity index (χ3n) is 1.89. The van der Waals surface area contributed by atoms with Crippen molar-refractivity contribution in [2.75, 3.05) is 0 Å². The topological polar surface area (TPSA) is 37.3 Å². The Labute approximate surface area is 82.7 Å². The number of rotatable bonds is 5. The Balaban J connectivity index is 1.91. The molecule has 1 fully saturated rings. The molecule has 0 bridgehead atoms. The van der Waals surface area contributed by atoms with Crippen LogP contribution in [0.2, 0.25) is 5.32 Å². The van der Waals surface area contributed by atoms with E-state index in [0.717, 1.165) is 31.9 Å². The average Bonchev–Trinajstić information content (AvgIpc) is 2.49. The molecule has 0 saturated carbocycles. The molecule has 12 heavy (non-hydrogen) atoms. The summed E-state index contributed by atoms with van der Waals surface area (Å²) in [5.41, 5.74) is 0. The first kappa shape index (κ1) is 10.4. The molecule has 0 aromatic carbocycles. The van der Waals surface area contributed by atoms with E-state index in [1.165, 1.54) is 18.2 Å². The van der Waals surface area contributed by atoms with E-state index in [4.69, 9.17) is 5.11 Å². The molecule has 1 rings (SSSR count). The van der Waals surface area contributed by atoms with E-state index < -0.39 is 5.97 Å². The molecule has 1 unspecified atom stereocenters. The zero-order valence-corrected chi connectivity index (χ0v) is 9.52. The monoisotopic (exact) mass is 254 g/mol. The summed E-state index contributed by atoms with van der Waals surface area (Å²) in [5.74, 6) is -0.654. The second kappa shape index (κ2) is 5.90. The quantitative estimate of drug-likeness (QED) is 0.602. The van der Waals surface area contributed by atoms with Crippen LogP contribution in [0.3, 0.4) is 0 Å². The van der Waals surface area contributed by atoms with Gasteiger partial charge in [0.05, 0.1) is 0 Å². The van der Waals surface area contributed by atoms with Gasteiger partial charge in [0.25, 0.3) is 0 Å². The van der Waals surface area contributed by atoms with Gasteiger partial charge in [-0.3, -0.25) is 0 Å². The van der Waals surface area contributed by atoms with Crippen molar-refractivity contribution in [1.29, 1.82) is 0 Å². The predicted octanol–water partition coefficient (Wildman–Crippen LogP) is 2.17. The van der Waals surface area contributed by atoms with E-state index in [2.05, 4.69) is 10.2 Å². The summed E-state index contributed by atoms with van der Waals surface area (Å²) in [6, 6.07) is 0. The summed E-state index contributed by atoms with van der Waals surface area (Å²) in [4.78, 5) is 10.2. The molecule has 1 aliphatic rings. The van der Waals surface area contributed by atoms with Crippen LogP contribution in [0, 0.1) is 0 Å². The number of unbranched alkanes of at least 4 members (excludes halogenated alkanes) is 1. The summed E-state index contributed by atoms with van der Waals surface area (Å²) in [5, 5.41) is 10.7. The van der Waals surface area contributed by atoms with Gasteiger partial charge in [0.1, 0.15) is 0 Å². The van der Waals surface area contributed by atoms with Crippen molar-refractivity contribution in [2.45, 2.75) is 42.7 Å². The molecule has 1 aliphatic heterocycles. The van der Waals surface area contributed by atoms with Crippen LogP contribution >= 0.6 is 10.2 Å². The Kier molecular flexibility index (Phi) is 5.12. The van der Waals surface area contributed by atoms with E-state index >= 15 is 0 Å². The first-order valence-electron chi connectivity index (χ1n) is 4.29. The summed E-state index contributed by atoms with van der Waals surface area (Å²) >= 11 is 0.831. The van der Waals surface area contributed by atoms with E-state index in [0.29, 0.717) is 6.42 Å². The molecule has 1 saturated heterocycles. The van der Waals surface area contributed by atoms with E-state index in [1.54, 1.807) is 0 Å². The first-order chi connectivity index (χ1) is 5.79. The van der Waals surface area contributed by atoms with E-state index in [9.17, 15) is 4.79 Å². The third-order valence-corrected chi connectivity index (χ3v) is 7.05. The maximum atomic E-state index is 10.2. The SMILES string of the molecule is O=C(O)CCCCC1CC[Se]S1. The van der Waals surface area contributed by atoms with Crippen LogP contribution in [0.15, 0.2) is 0 Å². The second-order valence-corrected chi connectivity index (χ2v) is 7.61. The van der Waals surface area contributed by atoms with Crippen LogP contribution < -0.4 is 0 Å². The third kappa shape index (κ3) is 4.39. The molecule has 0 amide bonds. The number of carbonyl (C=O) groups is 1. The van der Waals surface area contributed by atoms with Crippen molar-refractivity contribution < 1.29 is 9.90 Å². The Morgan fingerprint density at radius 2 is 2.42 bits per heavy atom. The van der Waals surface area contributed by atoms with E-state index in [-0.39, 0.29) is 0 Å². The zero-order chi connectivity index (χ0) is 8.81. The van der Waals surface area contributed by atoms with E-state index in [1.807, 2.05) is 0 Å². The summed E-state index contributed by atoms with van der Waals surface area (Å²) in [6.45, 7) is 0. The predicted molar refractivity (Wildman–Crippen MR) is 52.7 cm³/mol. The van der Waals surface area contributed by atoms with Crippen molar-refractivity contribution in [3.05, 3.63) is 0 Å². The number of aliphatic carboxylic acids is 1. The van der Waals surface area contributed by atoms with Gasteiger partial charge in [-0.1, -0.05) is 0 Å². The van der Waals surface area contributed by atoms with Gasteiger partial charge in [0.15, 0.2) is 0 Å². The molecular weight excluding hydrogens is 239 g/mol. The van der Waals surface area contributed by atoms with Crippen LogP contribution in [0.1, 0.15) is 32.1 Å².